The highest BCUT2D eigenvalue weighted by atomic mass is 35.5. The van der Waals surface area contributed by atoms with Crippen molar-refractivity contribution >= 4 is 29.3 Å². The number of aliphatic imine (C=N–C) groups is 1. The van der Waals surface area contributed by atoms with Crippen LogP contribution < -0.4 is 0 Å². The molecule has 1 unspecified atom stereocenters. The van der Waals surface area contributed by atoms with E-state index in [9.17, 15) is 0 Å². The fraction of sp³-hybridized carbons (Fsp3) is 0.300. The zero-order valence-electron chi connectivity index (χ0n) is 14.7. The molecule has 0 N–H and O–H groups in total. The minimum atomic E-state index is -0.107. The molecule has 2 aromatic rings. The summed E-state index contributed by atoms with van der Waals surface area (Å²) in [5.74, 6) is 0. The van der Waals surface area contributed by atoms with Crippen LogP contribution in [0.3, 0.4) is 0 Å². The maximum atomic E-state index is 6.43. The molecule has 0 aliphatic carbocycles. The summed E-state index contributed by atoms with van der Waals surface area (Å²) in [6, 6.07) is 14.1. The number of aryl methyl sites for hydroxylation is 1. The lowest BCUT2D eigenvalue weighted by Gasteiger charge is -2.14. The Kier molecular flexibility index (Phi) is 5.39. The molecule has 0 saturated carbocycles. The Labute approximate surface area is 153 Å². The minimum absolute atomic E-state index is 0.107. The quantitative estimate of drug-likeness (QED) is 0.551. The van der Waals surface area contributed by atoms with E-state index in [4.69, 9.17) is 16.4 Å². The lowest BCUT2D eigenvalue weighted by molar-refractivity contribution is 0.0853. The topological polar surface area (TPSA) is 37.2 Å². The highest BCUT2D eigenvalue weighted by Gasteiger charge is 2.25. The molecule has 0 amide bonds. The summed E-state index contributed by atoms with van der Waals surface area (Å²) in [5.41, 5.74) is 4.99. The maximum absolute atomic E-state index is 6.43. The number of oxime groups is 1. The number of benzene rings is 2. The van der Waals surface area contributed by atoms with Crippen molar-refractivity contribution in [2.45, 2.75) is 26.4 Å². The number of hydrogen-bond donors (Lipinski definition) is 0. The Balaban J connectivity index is 1.78. The van der Waals surface area contributed by atoms with Crippen molar-refractivity contribution in [1.82, 2.24) is 4.90 Å². The van der Waals surface area contributed by atoms with Gasteiger partial charge in [0.1, 0.15) is 0 Å². The van der Waals surface area contributed by atoms with Gasteiger partial charge in [-0.15, -0.1) is 0 Å². The van der Waals surface area contributed by atoms with Crippen LogP contribution in [-0.2, 0) is 4.84 Å². The number of hydrogen-bond acceptors (Lipinski definition) is 3. The Morgan fingerprint density at radius 3 is 2.80 bits per heavy atom. The van der Waals surface area contributed by atoms with Crippen LogP contribution >= 0.6 is 11.6 Å². The standard InChI is InChI=1S/C20H22ClN3O/c1-4-24(3)13-22-19-10-14(2)16(11-17(19)21)20-12-18(23-25-20)15-8-6-5-7-9-15/h5-11,13,20H,4,12H2,1-3H3. The van der Waals surface area contributed by atoms with Crippen LogP contribution in [0.2, 0.25) is 5.02 Å². The van der Waals surface area contributed by atoms with Gasteiger partial charge < -0.3 is 9.74 Å². The summed E-state index contributed by atoms with van der Waals surface area (Å²) in [5, 5.41) is 4.89. The van der Waals surface area contributed by atoms with Crippen LogP contribution in [-0.4, -0.2) is 30.5 Å². The number of halogens is 1. The lowest BCUT2D eigenvalue weighted by Crippen LogP contribution is -2.14. The lowest BCUT2D eigenvalue weighted by atomic mass is 9.97. The molecule has 3 rings (SSSR count). The third kappa shape index (κ3) is 4.02. The van der Waals surface area contributed by atoms with Gasteiger partial charge in [0.25, 0.3) is 0 Å². The van der Waals surface area contributed by atoms with E-state index in [1.807, 2.05) is 54.4 Å². The zero-order valence-corrected chi connectivity index (χ0v) is 15.5. The molecule has 0 radical (unpaired) electrons. The van der Waals surface area contributed by atoms with Crippen LogP contribution in [0.1, 0.15) is 36.1 Å². The predicted octanol–water partition coefficient (Wildman–Crippen LogP) is 5.13. The molecule has 4 nitrogen and oxygen atoms in total. The number of nitrogens with zero attached hydrogens (tertiary/aromatic N) is 3. The van der Waals surface area contributed by atoms with Gasteiger partial charge in [-0.05, 0) is 42.7 Å². The molecule has 1 heterocycles. The van der Waals surface area contributed by atoms with Crippen LogP contribution in [0, 0.1) is 6.92 Å². The van der Waals surface area contributed by atoms with E-state index in [-0.39, 0.29) is 6.10 Å². The number of rotatable bonds is 5. The first-order valence-corrected chi connectivity index (χ1v) is 8.79. The van der Waals surface area contributed by atoms with E-state index in [1.54, 1.807) is 6.34 Å². The first-order chi connectivity index (χ1) is 12.1. The van der Waals surface area contributed by atoms with E-state index < -0.39 is 0 Å². The molecule has 1 aliphatic heterocycles. The Morgan fingerprint density at radius 2 is 2.08 bits per heavy atom. The monoisotopic (exact) mass is 355 g/mol. The molecule has 0 aromatic heterocycles. The van der Waals surface area contributed by atoms with Crippen molar-refractivity contribution in [2.24, 2.45) is 10.1 Å². The van der Waals surface area contributed by atoms with Crippen LogP contribution in [0.4, 0.5) is 5.69 Å². The highest BCUT2D eigenvalue weighted by Crippen LogP contribution is 2.36. The van der Waals surface area contributed by atoms with Gasteiger partial charge in [-0.1, -0.05) is 47.1 Å². The largest absolute Gasteiger partial charge is 0.387 e. The summed E-state index contributed by atoms with van der Waals surface area (Å²) in [6.07, 6.45) is 2.43. The van der Waals surface area contributed by atoms with Crippen molar-refractivity contribution in [3.05, 3.63) is 64.2 Å². The Bertz CT molecular complexity index is 802. The molecule has 0 saturated heterocycles. The molecule has 0 bridgehead atoms. The minimum Gasteiger partial charge on any atom is -0.387 e. The molecule has 0 fully saturated rings. The van der Waals surface area contributed by atoms with Crippen molar-refractivity contribution in [1.29, 1.82) is 0 Å². The maximum Gasteiger partial charge on any atom is 0.158 e. The van der Waals surface area contributed by atoms with Gasteiger partial charge >= 0.3 is 0 Å². The molecule has 5 heteroatoms. The predicted molar refractivity (Wildman–Crippen MR) is 104 cm³/mol. The normalized spacial score (nSPS) is 16.8. The van der Waals surface area contributed by atoms with Gasteiger partial charge in [0.15, 0.2) is 6.10 Å². The zero-order chi connectivity index (χ0) is 17.8. The van der Waals surface area contributed by atoms with Crippen molar-refractivity contribution < 1.29 is 4.84 Å². The van der Waals surface area contributed by atoms with Gasteiger partial charge in [0, 0.05) is 20.0 Å². The molecule has 2 aromatic carbocycles. The Morgan fingerprint density at radius 1 is 1.32 bits per heavy atom. The first kappa shape index (κ1) is 17.5. The van der Waals surface area contributed by atoms with Gasteiger partial charge in [-0.25, -0.2) is 4.99 Å². The molecule has 1 atom stereocenters. The second kappa shape index (κ2) is 7.70. The van der Waals surface area contributed by atoms with Crippen LogP contribution in [0.15, 0.2) is 52.6 Å². The third-order valence-electron chi connectivity index (χ3n) is 4.35. The van der Waals surface area contributed by atoms with Crippen LogP contribution in [0.5, 0.6) is 0 Å². The van der Waals surface area contributed by atoms with Gasteiger partial charge in [0.2, 0.25) is 0 Å². The van der Waals surface area contributed by atoms with E-state index in [0.29, 0.717) is 5.02 Å². The van der Waals surface area contributed by atoms with E-state index in [2.05, 4.69) is 24.0 Å². The van der Waals surface area contributed by atoms with Crippen molar-refractivity contribution in [3.63, 3.8) is 0 Å². The first-order valence-electron chi connectivity index (χ1n) is 8.41. The molecule has 25 heavy (non-hydrogen) atoms. The van der Waals surface area contributed by atoms with Gasteiger partial charge in [-0.2, -0.15) is 0 Å². The highest BCUT2D eigenvalue weighted by molar-refractivity contribution is 6.33. The second-order valence-corrected chi connectivity index (χ2v) is 6.59. The summed E-state index contributed by atoms with van der Waals surface area (Å²) in [6.45, 7) is 5.02. The van der Waals surface area contributed by atoms with Gasteiger partial charge in [-0.3, -0.25) is 0 Å². The average Bonchev–Trinajstić information content (AvgIpc) is 3.12. The fourth-order valence-electron chi connectivity index (χ4n) is 2.72. The smallest absolute Gasteiger partial charge is 0.158 e. The Hall–Kier alpha value is -2.33. The molecule has 1 aliphatic rings. The summed E-state index contributed by atoms with van der Waals surface area (Å²) >= 11 is 6.43. The van der Waals surface area contributed by atoms with E-state index >= 15 is 0 Å². The average molecular weight is 356 g/mol. The second-order valence-electron chi connectivity index (χ2n) is 6.18. The van der Waals surface area contributed by atoms with Crippen molar-refractivity contribution in [3.8, 4) is 0 Å². The molecule has 0 spiro atoms. The summed E-state index contributed by atoms with van der Waals surface area (Å²) in [4.78, 5) is 12.1. The van der Waals surface area contributed by atoms with Crippen molar-refractivity contribution in [2.75, 3.05) is 13.6 Å². The summed E-state index contributed by atoms with van der Waals surface area (Å²) < 4.78 is 0. The van der Waals surface area contributed by atoms with Crippen LogP contribution in [0.25, 0.3) is 0 Å². The fourth-order valence-corrected chi connectivity index (χ4v) is 2.94. The van der Waals surface area contributed by atoms with Gasteiger partial charge in [0.05, 0.1) is 22.8 Å². The molecular weight excluding hydrogens is 334 g/mol. The SMILES string of the molecule is CCN(C)C=Nc1cc(C)c(C2CC(c3ccccc3)=NO2)cc1Cl. The molecule has 130 valence electrons. The third-order valence-corrected chi connectivity index (χ3v) is 4.65. The van der Waals surface area contributed by atoms with E-state index in [0.717, 1.165) is 41.1 Å². The molecular formula is C20H22ClN3O. The van der Waals surface area contributed by atoms with E-state index in [1.165, 1.54) is 0 Å². The summed E-state index contributed by atoms with van der Waals surface area (Å²) in [7, 11) is 1.98.